The third kappa shape index (κ3) is 5.22. The minimum Gasteiger partial charge on any atom is -0.501 e. The Hall–Kier alpha value is -1.62. The molecule has 0 aliphatic rings. The summed E-state index contributed by atoms with van der Waals surface area (Å²) in [4.78, 5) is 19.8. The normalized spacial score (nSPS) is 10.0. The molecule has 2 aromatic rings. The molecule has 0 spiro atoms. The van der Waals surface area contributed by atoms with Crippen LogP contribution < -0.4 is 4.74 Å². The summed E-state index contributed by atoms with van der Waals surface area (Å²) in [5.74, 6) is -0.398. The molecule has 0 saturated carbocycles. The molecule has 0 aliphatic heterocycles. The van der Waals surface area contributed by atoms with E-state index < -0.39 is 21.3 Å². The van der Waals surface area contributed by atoms with Crippen LogP contribution in [-0.4, -0.2) is 22.1 Å². The molecule has 0 heterocycles. The van der Waals surface area contributed by atoms with E-state index in [4.69, 9.17) is 27.9 Å². The van der Waals surface area contributed by atoms with Gasteiger partial charge in [0.25, 0.3) is 0 Å². The highest BCUT2D eigenvalue weighted by Crippen LogP contribution is 2.41. The quantitative estimate of drug-likeness (QED) is 0.354. The van der Waals surface area contributed by atoms with Gasteiger partial charge >= 0.3 is 11.4 Å². The summed E-state index contributed by atoms with van der Waals surface area (Å²) in [5, 5.41) is 30.6. The highest BCUT2D eigenvalue weighted by atomic mass is 79.9. The van der Waals surface area contributed by atoms with Crippen molar-refractivity contribution < 1.29 is 19.7 Å². The number of nitrogens with zero attached hydrogens (tertiary/aromatic N) is 2. The van der Waals surface area contributed by atoms with Crippen molar-refractivity contribution in [3.8, 4) is 11.5 Å². The zero-order valence-electron chi connectivity index (χ0n) is 14.0. The molecule has 12 heteroatoms. The summed E-state index contributed by atoms with van der Waals surface area (Å²) in [7, 11) is 1.35. The summed E-state index contributed by atoms with van der Waals surface area (Å²) in [6.07, 6.45) is 0. The van der Waals surface area contributed by atoms with Crippen LogP contribution in [0, 0.1) is 34.1 Å². The van der Waals surface area contributed by atoms with Crippen LogP contribution in [0.2, 0.25) is 10.0 Å². The molecule has 0 radical (unpaired) electrons. The first-order valence-corrected chi connectivity index (χ1v) is 9.27. The number of phenols is 1. The van der Waals surface area contributed by atoms with E-state index in [1.807, 2.05) is 0 Å². The minimum atomic E-state index is -0.689. The van der Waals surface area contributed by atoms with Crippen molar-refractivity contribution in [1.29, 1.82) is 0 Å². The number of halogens is 4. The lowest BCUT2D eigenvalue weighted by molar-refractivity contribution is -0.386. The molecular weight excluding hydrogens is 535 g/mol. The van der Waals surface area contributed by atoms with E-state index >= 15 is 0 Å². The van der Waals surface area contributed by atoms with Crippen LogP contribution >= 0.6 is 55.1 Å². The molecule has 0 saturated heterocycles. The molecule has 27 heavy (non-hydrogen) atoms. The third-order valence-electron chi connectivity index (χ3n) is 3.38. The van der Waals surface area contributed by atoms with E-state index in [2.05, 4.69) is 31.9 Å². The van der Waals surface area contributed by atoms with Crippen molar-refractivity contribution >= 4 is 66.4 Å². The first-order valence-electron chi connectivity index (χ1n) is 6.92. The molecule has 0 unspecified atom stereocenters. The Morgan fingerprint density at radius 3 is 1.78 bits per heavy atom. The molecule has 0 atom stereocenters. The molecule has 2 aromatic carbocycles. The van der Waals surface area contributed by atoms with E-state index in [9.17, 15) is 25.3 Å². The van der Waals surface area contributed by atoms with Crippen LogP contribution in [0.25, 0.3) is 0 Å². The molecule has 2 rings (SSSR count). The van der Waals surface area contributed by atoms with Gasteiger partial charge in [-0.05, 0) is 25.0 Å². The largest absolute Gasteiger partial charge is 0.501 e. The van der Waals surface area contributed by atoms with Crippen LogP contribution in [0.5, 0.6) is 11.5 Å². The number of hydrogen-bond acceptors (Lipinski definition) is 6. The lowest BCUT2D eigenvalue weighted by atomic mass is 10.2. The van der Waals surface area contributed by atoms with E-state index in [0.29, 0.717) is 20.1 Å². The fraction of sp³-hybridized carbons (Fsp3) is 0.200. The van der Waals surface area contributed by atoms with E-state index in [-0.39, 0.29) is 21.5 Å². The Balaban J connectivity index is 0.000000271. The van der Waals surface area contributed by atoms with Crippen molar-refractivity contribution in [2.45, 2.75) is 13.8 Å². The van der Waals surface area contributed by atoms with Crippen molar-refractivity contribution in [3.63, 3.8) is 0 Å². The number of benzene rings is 2. The molecule has 0 aliphatic carbocycles. The van der Waals surface area contributed by atoms with Gasteiger partial charge in [0.2, 0.25) is 11.5 Å². The average molecular weight is 547 g/mol. The number of methoxy groups -OCH3 is 1. The predicted octanol–water partition coefficient (Wildman–Crippen LogP) is 6.35. The average Bonchev–Trinajstić information content (AvgIpc) is 2.60. The lowest BCUT2D eigenvalue weighted by Crippen LogP contribution is -1.96. The molecule has 146 valence electrons. The van der Waals surface area contributed by atoms with Crippen molar-refractivity contribution in [2.75, 3.05) is 7.11 Å². The predicted molar refractivity (Wildman–Crippen MR) is 109 cm³/mol. The van der Waals surface area contributed by atoms with E-state index in [1.165, 1.54) is 19.2 Å². The van der Waals surface area contributed by atoms with Crippen molar-refractivity contribution in [1.82, 2.24) is 0 Å². The fourth-order valence-electron chi connectivity index (χ4n) is 1.84. The first kappa shape index (κ1) is 23.4. The Morgan fingerprint density at radius 1 is 0.963 bits per heavy atom. The summed E-state index contributed by atoms with van der Waals surface area (Å²) in [6.45, 7) is 3.40. The highest BCUT2D eigenvalue weighted by Gasteiger charge is 2.22. The second-order valence-corrected chi connectivity index (χ2v) is 7.49. The van der Waals surface area contributed by atoms with Gasteiger partial charge in [0.15, 0.2) is 0 Å². The zero-order valence-corrected chi connectivity index (χ0v) is 18.7. The number of aromatic hydroxyl groups is 1. The van der Waals surface area contributed by atoms with Crippen LogP contribution in [0.3, 0.4) is 0 Å². The van der Waals surface area contributed by atoms with Crippen LogP contribution in [0.15, 0.2) is 21.1 Å². The zero-order chi connectivity index (χ0) is 21.0. The maximum Gasteiger partial charge on any atom is 0.313 e. The molecule has 0 aromatic heterocycles. The summed E-state index contributed by atoms with van der Waals surface area (Å²) in [5.41, 5.74) is 0.747. The Morgan fingerprint density at radius 2 is 1.37 bits per heavy atom. The third-order valence-corrected chi connectivity index (χ3v) is 5.95. The summed E-state index contributed by atoms with van der Waals surface area (Å²) >= 11 is 17.8. The van der Waals surface area contributed by atoms with Crippen molar-refractivity contribution in [3.05, 3.63) is 62.5 Å². The highest BCUT2D eigenvalue weighted by molar-refractivity contribution is 9.10. The second kappa shape index (κ2) is 9.54. The van der Waals surface area contributed by atoms with Gasteiger partial charge in [-0.2, -0.15) is 0 Å². The number of phenolic OH excluding ortho intramolecular Hbond substituents is 1. The first-order chi connectivity index (χ1) is 12.4. The van der Waals surface area contributed by atoms with E-state index in [0.717, 1.165) is 0 Å². The molecule has 8 nitrogen and oxygen atoms in total. The number of hydrogen-bond donors (Lipinski definition) is 1. The van der Waals surface area contributed by atoms with E-state index in [1.54, 1.807) is 13.8 Å². The Kier molecular flexibility index (Phi) is 8.27. The monoisotopic (exact) mass is 544 g/mol. The van der Waals surface area contributed by atoms with Crippen molar-refractivity contribution in [2.24, 2.45) is 0 Å². The number of rotatable bonds is 3. The van der Waals surface area contributed by atoms with Gasteiger partial charge in [0.1, 0.15) is 0 Å². The number of ether oxygens (including phenoxy) is 1. The van der Waals surface area contributed by atoms with Gasteiger partial charge in [0.05, 0.1) is 27.0 Å². The van der Waals surface area contributed by atoms with Gasteiger partial charge in [-0.25, -0.2) is 0 Å². The Labute approximate surface area is 180 Å². The maximum absolute atomic E-state index is 10.6. The topological polar surface area (TPSA) is 116 Å². The maximum atomic E-state index is 10.6. The minimum absolute atomic E-state index is 0.000995. The van der Waals surface area contributed by atoms with Gasteiger partial charge in [0, 0.05) is 21.1 Å². The molecule has 1 N–H and O–H groups in total. The second-order valence-electron chi connectivity index (χ2n) is 5.03. The Bertz CT molecular complexity index is 924. The summed E-state index contributed by atoms with van der Waals surface area (Å²) < 4.78 is 5.97. The molecule has 0 amide bonds. The molecular formula is C15H12Br2Cl2N2O6. The standard InChI is InChI=1S/C8H7BrClNO3.C7H5BrClNO3/c1-4-5(9)3-6(11(12)13)8(14-2)7(4)10;1-3-4(8)2-5(10(12)13)7(11)6(3)9/h3H,1-2H3;2,11H,1H3. The van der Waals surface area contributed by atoms with Crippen LogP contribution in [0.1, 0.15) is 11.1 Å². The fourth-order valence-corrected chi connectivity index (χ4v) is 3.37. The molecule has 0 bridgehead atoms. The lowest BCUT2D eigenvalue weighted by Gasteiger charge is -2.07. The van der Waals surface area contributed by atoms with Gasteiger partial charge in [-0.1, -0.05) is 55.1 Å². The number of nitro benzene ring substituents is 2. The van der Waals surface area contributed by atoms with Gasteiger partial charge < -0.3 is 9.84 Å². The number of nitro groups is 2. The molecule has 0 fully saturated rings. The van der Waals surface area contributed by atoms with Crippen LogP contribution in [-0.2, 0) is 0 Å². The SMILES string of the molecule is COc1c([N+](=O)[O-])cc(Br)c(C)c1Cl.Cc1c(Br)cc([N+](=O)[O-])c(O)c1Cl. The van der Waals surface area contributed by atoms with Gasteiger partial charge in [-0.15, -0.1) is 0 Å². The summed E-state index contributed by atoms with van der Waals surface area (Å²) in [6, 6.07) is 2.59. The van der Waals surface area contributed by atoms with Crippen LogP contribution in [0.4, 0.5) is 11.4 Å². The van der Waals surface area contributed by atoms with Gasteiger partial charge in [-0.3, -0.25) is 20.2 Å². The smallest absolute Gasteiger partial charge is 0.313 e.